The van der Waals surface area contributed by atoms with Crippen molar-refractivity contribution >= 4 is 50.5 Å². The molecule has 0 atom stereocenters. The first-order valence-corrected chi connectivity index (χ1v) is 10.7. The molecule has 0 aliphatic heterocycles. The van der Waals surface area contributed by atoms with Gasteiger partial charge in [-0.3, -0.25) is 9.10 Å². The molecule has 0 aliphatic rings. The van der Waals surface area contributed by atoms with Crippen LogP contribution in [0.2, 0.25) is 10.0 Å². The molecule has 0 fully saturated rings. The van der Waals surface area contributed by atoms with Gasteiger partial charge in [0.15, 0.2) is 11.6 Å². The second-order valence-electron chi connectivity index (χ2n) is 6.13. The number of nitrogens with zero attached hydrogens (tertiary/aromatic N) is 1. The van der Waals surface area contributed by atoms with Gasteiger partial charge in [0.05, 0.1) is 10.6 Å². The Hall–Kier alpha value is -2.68. The van der Waals surface area contributed by atoms with Crippen molar-refractivity contribution in [3.05, 3.63) is 88.4 Å². The van der Waals surface area contributed by atoms with Gasteiger partial charge in [-0.25, -0.2) is 17.2 Å². The molecular formula is C20H14Cl2F2N2O3S. The Labute approximate surface area is 181 Å². The average Bonchev–Trinajstić information content (AvgIpc) is 2.69. The van der Waals surface area contributed by atoms with Crippen molar-refractivity contribution in [2.24, 2.45) is 0 Å². The summed E-state index contributed by atoms with van der Waals surface area (Å²) in [6.07, 6.45) is 0. The van der Waals surface area contributed by atoms with E-state index >= 15 is 0 Å². The van der Waals surface area contributed by atoms with Crippen LogP contribution in [0.15, 0.2) is 71.6 Å². The fourth-order valence-electron chi connectivity index (χ4n) is 2.62. The van der Waals surface area contributed by atoms with E-state index in [9.17, 15) is 22.0 Å². The zero-order valence-electron chi connectivity index (χ0n) is 15.2. The lowest BCUT2D eigenvalue weighted by atomic mass is 10.3. The number of benzene rings is 3. The molecule has 5 nitrogen and oxygen atoms in total. The monoisotopic (exact) mass is 470 g/mol. The maximum absolute atomic E-state index is 13.4. The number of halogens is 4. The topological polar surface area (TPSA) is 66.5 Å². The number of nitrogens with one attached hydrogen (secondary N) is 1. The van der Waals surface area contributed by atoms with Crippen molar-refractivity contribution in [3.63, 3.8) is 0 Å². The number of carbonyl (C=O) groups excluding carboxylic acids is 1. The molecule has 0 bridgehead atoms. The average molecular weight is 471 g/mol. The van der Waals surface area contributed by atoms with E-state index < -0.39 is 34.1 Å². The number of anilines is 2. The van der Waals surface area contributed by atoms with Crippen LogP contribution >= 0.6 is 23.2 Å². The van der Waals surface area contributed by atoms with Crippen LogP contribution in [0.5, 0.6) is 0 Å². The van der Waals surface area contributed by atoms with Crippen LogP contribution < -0.4 is 9.62 Å². The highest BCUT2D eigenvalue weighted by molar-refractivity contribution is 7.92. The van der Waals surface area contributed by atoms with Crippen molar-refractivity contribution in [3.8, 4) is 0 Å². The minimum absolute atomic E-state index is 0.0277. The SMILES string of the molecule is O=C(CN(c1cc(Cl)cc(Cl)c1)S(=O)(=O)c1ccccc1)Nc1ccc(F)c(F)c1. The number of carbonyl (C=O) groups is 1. The van der Waals surface area contributed by atoms with Gasteiger partial charge in [0.25, 0.3) is 10.0 Å². The first kappa shape index (κ1) is 22.0. The minimum atomic E-state index is -4.17. The molecule has 0 unspecified atom stereocenters. The Morgan fingerprint density at radius 3 is 2.13 bits per heavy atom. The lowest BCUT2D eigenvalue weighted by Gasteiger charge is -2.24. The summed E-state index contributed by atoms with van der Waals surface area (Å²) in [6.45, 7) is -0.660. The van der Waals surface area contributed by atoms with Crippen LogP contribution in [0.3, 0.4) is 0 Å². The van der Waals surface area contributed by atoms with Crippen molar-refractivity contribution in [1.82, 2.24) is 0 Å². The summed E-state index contributed by atoms with van der Waals surface area (Å²) >= 11 is 12.0. The largest absolute Gasteiger partial charge is 0.324 e. The van der Waals surface area contributed by atoms with Crippen LogP contribution in [0.4, 0.5) is 20.2 Å². The first-order valence-electron chi connectivity index (χ1n) is 8.45. The van der Waals surface area contributed by atoms with E-state index in [-0.39, 0.29) is 26.3 Å². The van der Waals surface area contributed by atoms with E-state index in [0.29, 0.717) is 0 Å². The lowest BCUT2D eigenvalue weighted by molar-refractivity contribution is -0.114. The Balaban J connectivity index is 1.97. The molecule has 3 rings (SSSR count). The number of sulfonamides is 1. The van der Waals surface area contributed by atoms with Crippen molar-refractivity contribution in [2.75, 3.05) is 16.2 Å². The van der Waals surface area contributed by atoms with Gasteiger partial charge in [-0.2, -0.15) is 0 Å². The molecule has 10 heteroatoms. The zero-order chi connectivity index (χ0) is 21.9. The number of rotatable bonds is 6. The van der Waals surface area contributed by atoms with Gasteiger partial charge in [-0.1, -0.05) is 41.4 Å². The van der Waals surface area contributed by atoms with E-state index in [2.05, 4.69) is 5.32 Å². The van der Waals surface area contributed by atoms with Crippen molar-refractivity contribution < 1.29 is 22.0 Å². The molecule has 1 N–H and O–H groups in total. The zero-order valence-corrected chi connectivity index (χ0v) is 17.5. The highest BCUT2D eigenvalue weighted by Gasteiger charge is 2.27. The minimum Gasteiger partial charge on any atom is -0.324 e. The molecular weight excluding hydrogens is 457 g/mol. The summed E-state index contributed by atoms with van der Waals surface area (Å²) in [6, 6.07) is 14.4. The highest BCUT2D eigenvalue weighted by Crippen LogP contribution is 2.29. The third kappa shape index (κ3) is 5.08. The molecule has 156 valence electrons. The van der Waals surface area contributed by atoms with Crippen LogP contribution in [0, 0.1) is 11.6 Å². The third-order valence-corrected chi connectivity index (χ3v) is 6.18. The summed E-state index contributed by atoms with van der Waals surface area (Å²) in [5.41, 5.74) is 0.0388. The van der Waals surface area contributed by atoms with Gasteiger partial charge >= 0.3 is 0 Å². The second kappa shape index (κ2) is 8.99. The van der Waals surface area contributed by atoms with Crippen molar-refractivity contribution in [1.29, 1.82) is 0 Å². The van der Waals surface area contributed by atoms with Gasteiger partial charge in [-0.05, 0) is 42.5 Å². The quantitative estimate of drug-likeness (QED) is 0.544. The normalized spacial score (nSPS) is 11.2. The molecule has 1 amide bonds. The maximum atomic E-state index is 13.4. The first-order chi connectivity index (χ1) is 14.2. The molecule has 0 saturated carbocycles. The maximum Gasteiger partial charge on any atom is 0.264 e. The standard InChI is InChI=1S/C20H14Cl2F2N2O3S/c21-13-8-14(22)10-16(9-13)26(30(28,29)17-4-2-1-3-5-17)12-20(27)25-15-6-7-18(23)19(24)11-15/h1-11H,12H2,(H,25,27). The molecule has 0 heterocycles. The Morgan fingerprint density at radius 2 is 1.53 bits per heavy atom. The molecule has 0 radical (unpaired) electrons. The molecule has 30 heavy (non-hydrogen) atoms. The number of hydrogen-bond donors (Lipinski definition) is 1. The number of hydrogen-bond acceptors (Lipinski definition) is 3. The van der Waals surface area contributed by atoms with Crippen molar-refractivity contribution in [2.45, 2.75) is 4.90 Å². The molecule has 0 spiro atoms. The van der Waals surface area contributed by atoms with E-state index in [4.69, 9.17) is 23.2 Å². The predicted molar refractivity (Wildman–Crippen MR) is 112 cm³/mol. The smallest absolute Gasteiger partial charge is 0.264 e. The molecule has 0 aliphatic carbocycles. The summed E-state index contributed by atoms with van der Waals surface area (Å²) < 4.78 is 53.7. The molecule has 3 aromatic rings. The Morgan fingerprint density at radius 1 is 0.900 bits per heavy atom. The number of amides is 1. The highest BCUT2D eigenvalue weighted by atomic mass is 35.5. The van der Waals surface area contributed by atoms with Gasteiger partial charge in [0, 0.05) is 21.8 Å². The summed E-state index contributed by atoms with van der Waals surface area (Å²) in [5, 5.41) is 2.69. The molecule has 0 saturated heterocycles. The van der Waals surface area contributed by atoms with E-state index in [0.717, 1.165) is 22.5 Å². The Bertz CT molecular complexity index is 1170. The van der Waals surface area contributed by atoms with Gasteiger partial charge < -0.3 is 5.32 Å². The van der Waals surface area contributed by atoms with E-state index in [1.54, 1.807) is 6.07 Å². The lowest BCUT2D eigenvalue weighted by Crippen LogP contribution is -2.38. The summed E-state index contributed by atoms with van der Waals surface area (Å²) in [7, 11) is -4.17. The van der Waals surface area contributed by atoms with Gasteiger partial charge in [0.2, 0.25) is 5.91 Å². The fraction of sp³-hybridized carbons (Fsp3) is 0.0500. The van der Waals surface area contributed by atoms with Crippen LogP contribution in [-0.2, 0) is 14.8 Å². The van der Waals surface area contributed by atoms with Crippen LogP contribution in [0.1, 0.15) is 0 Å². The molecule has 3 aromatic carbocycles. The fourth-order valence-corrected chi connectivity index (χ4v) is 4.56. The Kier molecular flexibility index (Phi) is 6.60. The van der Waals surface area contributed by atoms with Gasteiger partial charge in [0.1, 0.15) is 6.54 Å². The van der Waals surface area contributed by atoms with Gasteiger partial charge in [-0.15, -0.1) is 0 Å². The van der Waals surface area contributed by atoms with E-state index in [1.165, 1.54) is 42.5 Å². The summed E-state index contributed by atoms with van der Waals surface area (Å²) in [5.74, 6) is -3.00. The second-order valence-corrected chi connectivity index (χ2v) is 8.86. The predicted octanol–water partition coefficient (Wildman–Crippen LogP) is 5.11. The van der Waals surface area contributed by atoms with E-state index in [1.807, 2.05) is 0 Å². The van der Waals surface area contributed by atoms with Crippen LogP contribution in [0.25, 0.3) is 0 Å². The summed E-state index contributed by atoms with van der Waals surface area (Å²) in [4.78, 5) is 12.5. The van der Waals surface area contributed by atoms with Crippen LogP contribution in [-0.4, -0.2) is 20.9 Å². The third-order valence-electron chi connectivity index (χ3n) is 3.96. The molecule has 0 aromatic heterocycles.